The Morgan fingerprint density at radius 3 is 2.57 bits per heavy atom. The van der Waals surface area contributed by atoms with E-state index in [9.17, 15) is 9.59 Å². The molecule has 1 aromatic carbocycles. The summed E-state index contributed by atoms with van der Waals surface area (Å²) >= 11 is 3.41. The lowest BCUT2D eigenvalue weighted by molar-refractivity contribution is 0.0725. The summed E-state index contributed by atoms with van der Waals surface area (Å²) < 4.78 is 2.51. The Labute approximate surface area is 181 Å². The molecule has 2 saturated heterocycles. The summed E-state index contributed by atoms with van der Waals surface area (Å²) in [6.45, 7) is 1.27. The lowest BCUT2D eigenvalue weighted by Crippen LogP contribution is -2.50. The third-order valence-electron chi connectivity index (χ3n) is 5.81. The van der Waals surface area contributed by atoms with Crippen LogP contribution in [0.2, 0.25) is 0 Å². The van der Waals surface area contributed by atoms with Crippen LogP contribution in [0.4, 0.5) is 5.95 Å². The topological polar surface area (TPSA) is 84.2 Å². The zero-order chi connectivity index (χ0) is 20.8. The maximum atomic E-state index is 13.0. The third-order valence-corrected chi connectivity index (χ3v) is 6.33. The monoisotopic (exact) mass is 466 g/mol. The second-order valence-corrected chi connectivity index (χ2v) is 8.51. The van der Waals surface area contributed by atoms with Crippen LogP contribution < -0.4 is 10.5 Å². The van der Waals surface area contributed by atoms with Crippen molar-refractivity contribution in [3.8, 4) is 11.4 Å². The molecule has 0 aliphatic carbocycles. The number of fused-ring (bicyclic) bond motifs is 2. The highest BCUT2D eigenvalue weighted by Gasteiger charge is 2.46. The molecule has 0 N–H and O–H groups in total. The number of rotatable bonds is 3. The summed E-state index contributed by atoms with van der Waals surface area (Å²) in [6.07, 6.45) is 3.94. The van der Waals surface area contributed by atoms with E-state index in [1.807, 2.05) is 29.2 Å². The van der Waals surface area contributed by atoms with Crippen LogP contribution in [0.25, 0.3) is 11.4 Å². The number of anilines is 1. The van der Waals surface area contributed by atoms with Crippen molar-refractivity contribution in [2.24, 2.45) is 7.05 Å². The van der Waals surface area contributed by atoms with Crippen LogP contribution in [0.15, 0.2) is 58.2 Å². The second-order valence-electron chi connectivity index (χ2n) is 7.59. The molecule has 0 saturated carbocycles. The van der Waals surface area contributed by atoms with Crippen LogP contribution in [-0.4, -0.2) is 55.5 Å². The van der Waals surface area contributed by atoms with Crippen LogP contribution >= 0.6 is 15.9 Å². The molecular formula is C21H19BrN6O2. The lowest BCUT2D eigenvalue weighted by Gasteiger charge is -2.35. The maximum Gasteiger partial charge on any atom is 0.255 e. The Balaban J connectivity index is 1.41. The number of hydrogen-bond donors (Lipinski definition) is 0. The molecule has 4 heterocycles. The summed E-state index contributed by atoms with van der Waals surface area (Å²) in [5.41, 5.74) is 1.69. The van der Waals surface area contributed by atoms with E-state index in [0.717, 1.165) is 10.9 Å². The molecule has 2 aromatic heterocycles. The molecule has 2 bridgehead atoms. The van der Waals surface area contributed by atoms with E-state index >= 15 is 0 Å². The number of piperazine rings is 1. The van der Waals surface area contributed by atoms with Gasteiger partial charge in [-0.25, -0.2) is 15.0 Å². The van der Waals surface area contributed by atoms with Crippen LogP contribution in [0.1, 0.15) is 16.8 Å². The van der Waals surface area contributed by atoms with Gasteiger partial charge in [0.05, 0.1) is 23.5 Å². The minimum absolute atomic E-state index is 0.0474. The Bertz CT molecular complexity index is 1160. The minimum Gasteiger partial charge on any atom is -0.335 e. The summed E-state index contributed by atoms with van der Waals surface area (Å²) in [4.78, 5) is 42.5. The summed E-state index contributed by atoms with van der Waals surface area (Å²) in [5, 5.41) is 0. The maximum absolute atomic E-state index is 13.0. The van der Waals surface area contributed by atoms with Gasteiger partial charge < -0.3 is 9.80 Å². The van der Waals surface area contributed by atoms with Crippen molar-refractivity contribution in [3.05, 3.63) is 69.3 Å². The van der Waals surface area contributed by atoms with Gasteiger partial charge in [0.15, 0.2) is 0 Å². The van der Waals surface area contributed by atoms with Gasteiger partial charge in [-0.15, -0.1) is 0 Å². The first-order valence-corrected chi connectivity index (χ1v) is 10.5. The molecule has 30 heavy (non-hydrogen) atoms. The predicted octanol–water partition coefficient (Wildman–Crippen LogP) is 2.10. The van der Waals surface area contributed by atoms with E-state index in [0.29, 0.717) is 36.0 Å². The van der Waals surface area contributed by atoms with Gasteiger partial charge in [-0.2, -0.15) is 0 Å². The smallest absolute Gasteiger partial charge is 0.255 e. The van der Waals surface area contributed by atoms with Crippen molar-refractivity contribution in [1.82, 2.24) is 24.4 Å². The van der Waals surface area contributed by atoms with Gasteiger partial charge in [0, 0.05) is 42.4 Å². The van der Waals surface area contributed by atoms with Gasteiger partial charge in [0.25, 0.3) is 11.5 Å². The number of benzene rings is 1. The summed E-state index contributed by atoms with van der Waals surface area (Å²) in [6, 6.07) is 10.9. The van der Waals surface area contributed by atoms with Gasteiger partial charge in [-0.3, -0.25) is 14.2 Å². The van der Waals surface area contributed by atoms with E-state index in [-0.39, 0.29) is 23.6 Å². The van der Waals surface area contributed by atoms with E-state index in [1.165, 1.54) is 12.4 Å². The molecule has 9 heteroatoms. The molecular weight excluding hydrogens is 448 g/mol. The molecule has 8 nitrogen and oxygen atoms in total. The molecule has 0 radical (unpaired) electrons. The number of amides is 1. The number of aromatic nitrogens is 4. The van der Waals surface area contributed by atoms with E-state index < -0.39 is 0 Å². The lowest BCUT2D eigenvalue weighted by atomic mass is 10.2. The predicted molar refractivity (Wildman–Crippen MR) is 115 cm³/mol. The number of likely N-dealkylation sites (tertiary alicyclic amines) is 1. The standard InChI is InChI=1S/C21H19BrN6O2/c1-26-19(29)9-18(17-6-7-23-12-24-17)25-21(26)28-11-15-8-16(28)10-27(15)20(30)13-2-4-14(22)5-3-13/h2-7,9,12,15-16H,8,10-11H2,1H3. The Morgan fingerprint density at radius 1 is 1.10 bits per heavy atom. The first kappa shape index (κ1) is 18.9. The van der Waals surface area contributed by atoms with Gasteiger partial charge in [0.2, 0.25) is 5.95 Å². The number of carbonyl (C=O) groups is 1. The molecule has 5 rings (SSSR count). The van der Waals surface area contributed by atoms with Crippen molar-refractivity contribution in [2.75, 3.05) is 18.0 Å². The van der Waals surface area contributed by atoms with E-state index in [2.05, 4.69) is 30.8 Å². The van der Waals surface area contributed by atoms with Crippen molar-refractivity contribution in [3.63, 3.8) is 0 Å². The highest BCUT2D eigenvalue weighted by Crippen LogP contribution is 2.34. The van der Waals surface area contributed by atoms with Gasteiger partial charge in [0.1, 0.15) is 6.33 Å². The fourth-order valence-corrected chi connectivity index (χ4v) is 4.54. The molecule has 2 fully saturated rings. The molecule has 2 unspecified atom stereocenters. The molecule has 2 aliphatic rings. The van der Waals surface area contributed by atoms with Crippen molar-refractivity contribution in [1.29, 1.82) is 0 Å². The first-order valence-electron chi connectivity index (χ1n) is 9.69. The fourth-order valence-electron chi connectivity index (χ4n) is 4.28. The summed E-state index contributed by atoms with van der Waals surface area (Å²) in [7, 11) is 1.73. The van der Waals surface area contributed by atoms with E-state index in [4.69, 9.17) is 4.98 Å². The molecule has 2 aliphatic heterocycles. The average Bonchev–Trinajstić information content (AvgIpc) is 3.37. The van der Waals surface area contributed by atoms with Gasteiger partial charge in [-0.1, -0.05) is 15.9 Å². The van der Waals surface area contributed by atoms with Crippen LogP contribution in [-0.2, 0) is 7.05 Å². The molecule has 2 atom stereocenters. The van der Waals surface area contributed by atoms with Crippen LogP contribution in [0.3, 0.4) is 0 Å². The first-order chi connectivity index (χ1) is 14.5. The zero-order valence-electron chi connectivity index (χ0n) is 16.3. The zero-order valence-corrected chi connectivity index (χ0v) is 17.9. The SMILES string of the molecule is Cn1c(N2CC3CC2CN3C(=O)c2ccc(Br)cc2)nc(-c2ccncn2)cc1=O. The second kappa shape index (κ2) is 7.32. The normalized spacial score (nSPS) is 20.1. The van der Waals surface area contributed by atoms with Crippen molar-refractivity contribution < 1.29 is 4.79 Å². The summed E-state index contributed by atoms with van der Waals surface area (Å²) in [5.74, 6) is 0.658. The van der Waals surface area contributed by atoms with Crippen molar-refractivity contribution in [2.45, 2.75) is 18.5 Å². The van der Waals surface area contributed by atoms with E-state index in [1.54, 1.807) is 23.9 Å². The number of hydrogen-bond acceptors (Lipinski definition) is 6. The highest BCUT2D eigenvalue weighted by molar-refractivity contribution is 9.10. The molecule has 1 amide bonds. The average molecular weight is 467 g/mol. The van der Waals surface area contributed by atoms with Gasteiger partial charge in [-0.05, 0) is 36.8 Å². The van der Waals surface area contributed by atoms with Crippen LogP contribution in [0.5, 0.6) is 0 Å². The largest absolute Gasteiger partial charge is 0.335 e. The number of nitrogens with zero attached hydrogens (tertiary/aromatic N) is 6. The Hall–Kier alpha value is -3.07. The molecule has 3 aromatic rings. The highest BCUT2D eigenvalue weighted by atomic mass is 79.9. The fraction of sp³-hybridized carbons (Fsp3) is 0.286. The van der Waals surface area contributed by atoms with Crippen molar-refractivity contribution >= 4 is 27.8 Å². The van der Waals surface area contributed by atoms with Crippen LogP contribution in [0, 0.1) is 0 Å². The quantitative estimate of drug-likeness (QED) is 0.587. The number of carbonyl (C=O) groups excluding carboxylic acids is 1. The molecule has 0 spiro atoms. The Kier molecular flexibility index (Phi) is 4.62. The minimum atomic E-state index is -0.140. The van der Waals surface area contributed by atoms with Gasteiger partial charge >= 0.3 is 0 Å². The third kappa shape index (κ3) is 3.19. The molecule has 152 valence electrons. The number of halogens is 1. The Morgan fingerprint density at radius 2 is 1.90 bits per heavy atom.